The highest BCUT2D eigenvalue weighted by atomic mass is 35.5. The lowest BCUT2D eigenvalue weighted by atomic mass is 10.0. The van der Waals surface area contributed by atoms with Gasteiger partial charge in [-0.1, -0.05) is 5.92 Å². The molecule has 34 heavy (non-hydrogen) atoms. The number of hydrogen-bond acceptors (Lipinski definition) is 6. The minimum atomic E-state index is -0.806. The molecule has 0 aliphatic carbocycles. The van der Waals surface area contributed by atoms with Gasteiger partial charge < -0.3 is 15.4 Å². The minimum absolute atomic E-state index is 0.0411. The number of alkyl halides is 1. The van der Waals surface area contributed by atoms with Crippen molar-refractivity contribution in [2.75, 3.05) is 12.0 Å². The molecule has 0 aromatic carbocycles. The molecule has 3 aromatic heterocycles. The summed E-state index contributed by atoms with van der Waals surface area (Å²) in [4.78, 5) is 20.6. The van der Waals surface area contributed by atoms with Crippen molar-refractivity contribution in [1.29, 1.82) is 0 Å². The lowest BCUT2D eigenvalue weighted by Crippen LogP contribution is -2.41. The van der Waals surface area contributed by atoms with Gasteiger partial charge in [-0.15, -0.1) is 5.10 Å². The summed E-state index contributed by atoms with van der Waals surface area (Å²) in [5, 5.41) is 10.3. The molecule has 3 aromatic rings. The van der Waals surface area contributed by atoms with Crippen LogP contribution in [0, 0.1) is 18.8 Å². The van der Waals surface area contributed by atoms with Crippen molar-refractivity contribution in [2.24, 2.45) is 0 Å². The zero-order chi connectivity index (χ0) is 24.9. The fraction of sp³-hybridized carbons (Fsp3) is 0.417. The smallest absolute Gasteiger partial charge is 0.407 e. The van der Waals surface area contributed by atoms with Gasteiger partial charge in [0.25, 0.3) is 0 Å². The Morgan fingerprint density at radius 1 is 1.32 bits per heavy atom. The highest BCUT2D eigenvalue weighted by Crippen LogP contribution is 2.29. The Bertz CT molecular complexity index is 1230. The number of carbonyl (C=O) groups is 1. The van der Waals surface area contributed by atoms with E-state index in [4.69, 9.17) is 16.3 Å². The van der Waals surface area contributed by atoms with Crippen LogP contribution in [0.4, 0.5) is 15.0 Å². The summed E-state index contributed by atoms with van der Waals surface area (Å²) in [6, 6.07) is 2.98. The molecule has 0 radical (unpaired) electrons. The third kappa shape index (κ3) is 6.14. The number of anilines is 1. The van der Waals surface area contributed by atoms with Crippen LogP contribution >= 0.6 is 11.6 Å². The molecule has 0 saturated heterocycles. The summed E-state index contributed by atoms with van der Waals surface area (Å²) in [5.74, 6) is 6.46. The topological polar surface area (TPSA) is 93.4 Å². The standard InChI is InChI=1S/C24H28ClFN6O2/c1-6-7-19-18(12-17(13-26)29-23(33)34-24(3,4)5)15(2)20-21(30-22(25)31-32(19)20)28-14-16-8-10-27-11-9-16/h8-11,17H,12-14H2,1-5H3,(H,29,33)(H,28,30,31)/t17-/m1/s1. The molecular formula is C24H28ClFN6O2. The van der Waals surface area contributed by atoms with Gasteiger partial charge in [0.1, 0.15) is 23.5 Å². The van der Waals surface area contributed by atoms with Gasteiger partial charge in [0, 0.05) is 18.9 Å². The van der Waals surface area contributed by atoms with E-state index in [-0.39, 0.29) is 11.7 Å². The van der Waals surface area contributed by atoms with Crippen molar-refractivity contribution in [2.45, 2.75) is 59.2 Å². The highest BCUT2D eigenvalue weighted by molar-refractivity contribution is 6.28. The Balaban J connectivity index is 1.99. The minimum Gasteiger partial charge on any atom is -0.444 e. The van der Waals surface area contributed by atoms with Crippen molar-refractivity contribution in [3.8, 4) is 11.8 Å². The van der Waals surface area contributed by atoms with E-state index in [9.17, 15) is 9.18 Å². The Kier molecular flexibility index (Phi) is 7.94. The number of carbonyl (C=O) groups excluding carboxylic acids is 1. The molecule has 3 rings (SSSR count). The van der Waals surface area contributed by atoms with Crippen LogP contribution in [-0.4, -0.2) is 44.0 Å². The fourth-order valence-electron chi connectivity index (χ4n) is 3.52. The second-order valence-corrected chi connectivity index (χ2v) is 9.07. The van der Waals surface area contributed by atoms with Gasteiger partial charge in [-0.25, -0.2) is 13.7 Å². The number of nitrogens with one attached hydrogen (secondary N) is 2. The average molecular weight is 487 g/mol. The molecule has 0 saturated carbocycles. The number of aromatic nitrogens is 4. The third-order valence-electron chi connectivity index (χ3n) is 4.94. The van der Waals surface area contributed by atoms with E-state index in [0.717, 1.165) is 16.7 Å². The molecule has 1 amide bonds. The molecule has 1 atom stereocenters. The Labute approximate surface area is 203 Å². The van der Waals surface area contributed by atoms with Crippen molar-refractivity contribution < 1.29 is 13.9 Å². The summed E-state index contributed by atoms with van der Waals surface area (Å²) in [5.41, 5.74) is 3.14. The molecule has 0 unspecified atom stereocenters. The maximum atomic E-state index is 13.9. The Morgan fingerprint density at radius 2 is 2.03 bits per heavy atom. The number of hydrogen-bond donors (Lipinski definition) is 2. The fourth-order valence-corrected chi connectivity index (χ4v) is 3.68. The number of nitrogens with zero attached hydrogens (tertiary/aromatic N) is 4. The van der Waals surface area contributed by atoms with Gasteiger partial charge in [-0.2, -0.15) is 4.98 Å². The van der Waals surface area contributed by atoms with Gasteiger partial charge in [0.15, 0.2) is 5.82 Å². The first-order valence-electron chi connectivity index (χ1n) is 10.8. The number of rotatable bonds is 7. The van der Waals surface area contributed by atoms with Crippen LogP contribution in [0.15, 0.2) is 24.5 Å². The van der Waals surface area contributed by atoms with Crippen LogP contribution in [0.1, 0.15) is 50.1 Å². The van der Waals surface area contributed by atoms with E-state index < -0.39 is 24.4 Å². The second kappa shape index (κ2) is 10.7. The van der Waals surface area contributed by atoms with Crippen molar-refractivity contribution in [1.82, 2.24) is 24.9 Å². The van der Waals surface area contributed by atoms with Crippen LogP contribution in [0.3, 0.4) is 0 Å². The first-order chi connectivity index (χ1) is 16.1. The number of halogens is 2. The van der Waals surface area contributed by atoms with Gasteiger partial charge in [-0.05, 0) is 87.4 Å². The van der Waals surface area contributed by atoms with E-state index in [2.05, 4.69) is 37.5 Å². The molecule has 0 bridgehead atoms. The lowest BCUT2D eigenvalue weighted by molar-refractivity contribution is 0.0496. The molecule has 180 valence electrons. The maximum Gasteiger partial charge on any atom is 0.407 e. The van der Waals surface area contributed by atoms with Gasteiger partial charge in [0.2, 0.25) is 5.28 Å². The highest BCUT2D eigenvalue weighted by Gasteiger charge is 2.25. The van der Waals surface area contributed by atoms with Crippen LogP contribution < -0.4 is 10.6 Å². The maximum absolute atomic E-state index is 13.9. The van der Waals surface area contributed by atoms with Crippen molar-refractivity contribution in [3.05, 3.63) is 52.2 Å². The molecule has 10 heteroatoms. The number of pyridine rings is 1. The first kappa shape index (κ1) is 25.2. The molecule has 0 aliphatic heterocycles. The predicted octanol–water partition coefficient (Wildman–Crippen LogP) is 4.47. The van der Waals surface area contributed by atoms with E-state index in [0.29, 0.717) is 23.6 Å². The van der Waals surface area contributed by atoms with Crippen LogP contribution in [0.5, 0.6) is 0 Å². The van der Waals surface area contributed by atoms with Crippen LogP contribution in [-0.2, 0) is 17.7 Å². The van der Waals surface area contributed by atoms with Crippen molar-refractivity contribution >= 4 is 29.0 Å². The summed E-state index contributed by atoms with van der Waals surface area (Å²) < 4.78 is 20.8. The van der Waals surface area contributed by atoms with Gasteiger partial charge >= 0.3 is 6.09 Å². The monoisotopic (exact) mass is 486 g/mol. The van der Waals surface area contributed by atoms with E-state index in [1.54, 1.807) is 44.6 Å². The van der Waals surface area contributed by atoms with E-state index >= 15 is 0 Å². The zero-order valence-electron chi connectivity index (χ0n) is 19.9. The average Bonchev–Trinajstić information content (AvgIpc) is 3.02. The second-order valence-electron chi connectivity index (χ2n) is 8.73. The summed E-state index contributed by atoms with van der Waals surface area (Å²) in [6.07, 6.45) is 2.94. The first-order valence-corrected chi connectivity index (χ1v) is 11.2. The summed E-state index contributed by atoms with van der Waals surface area (Å²) in [7, 11) is 0. The molecule has 8 nitrogen and oxygen atoms in total. The molecule has 2 N–H and O–H groups in total. The molecular weight excluding hydrogens is 459 g/mol. The number of aryl methyl sites for hydroxylation is 1. The number of alkyl carbamates (subject to hydrolysis) is 1. The quantitative estimate of drug-likeness (QED) is 0.478. The predicted molar refractivity (Wildman–Crippen MR) is 130 cm³/mol. The van der Waals surface area contributed by atoms with E-state index in [1.807, 2.05) is 19.1 Å². The van der Waals surface area contributed by atoms with Crippen LogP contribution in [0.25, 0.3) is 5.52 Å². The number of ether oxygens (including phenoxy) is 1. The SMILES string of the molecule is CC#Cc1c(C[C@H](CF)NC(=O)OC(C)(C)C)c(C)c2c(NCc3ccncc3)nc(Cl)nn12. The Morgan fingerprint density at radius 3 is 2.65 bits per heavy atom. The van der Waals surface area contributed by atoms with Crippen molar-refractivity contribution in [3.63, 3.8) is 0 Å². The molecule has 3 heterocycles. The van der Waals surface area contributed by atoms with Crippen LogP contribution in [0.2, 0.25) is 5.28 Å². The van der Waals surface area contributed by atoms with Gasteiger partial charge in [0.05, 0.1) is 6.04 Å². The molecule has 0 fully saturated rings. The number of fused-ring (bicyclic) bond motifs is 1. The van der Waals surface area contributed by atoms with E-state index in [1.165, 1.54) is 0 Å². The summed E-state index contributed by atoms with van der Waals surface area (Å²) in [6.45, 7) is 8.56. The van der Waals surface area contributed by atoms with Gasteiger partial charge in [-0.3, -0.25) is 4.98 Å². The zero-order valence-corrected chi connectivity index (χ0v) is 20.6. The molecule has 0 aliphatic rings. The Hall–Kier alpha value is -3.38. The largest absolute Gasteiger partial charge is 0.444 e. The summed E-state index contributed by atoms with van der Waals surface area (Å²) >= 11 is 6.23. The lowest BCUT2D eigenvalue weighted by Gasteiger charge is -2.22. The third-order valence-corrected chi connectivity index (χ3v) is 5.10. The molecule has 0 spiro atoms. The normalized spacial score (nSPS) is 12.1. The number of amides is 1.